The molecule has 2 rings (SSSR count). The Morgan fingerprint density at radius 1 is 1.12 bits per heavy atom. The number of nitriles is 2. The van der Waals surface area contributed by atoms with Crippen LogP contribution in [0.5, 0.6) is 0 Å². The van der Waals surface area contributed by atoms with Crippen LogP contribution in [0, 0.1) is 22.7 Å². The largest absolute Gasteiger partial charge is 0.606 e. The smallest absolute Gasteiger partial charge is 0.231 e. The molecule has 0 amide bonds. The summed E-state index contributed by atoms with van der Waals surface area (Å²) in [7, 11) is 0. The fourth-order valence-electron chi connectivity index (χ4n) is 1.30. The first-order chi connectivity index (χ1) is 8.26. The van der Waals surface area contributed by atoms with Crippen molar-refractivity contribution < 1.29 is 4.55 Å². The van der Waals surface area contributed by atoms with Crippen molar-refractivity contribution in [2.45, 2.75) is 9.10 Å². The van der Waals surface area contributed by atoms with Crippen LogP contribution in [0.25, 0.3) is 0 Å². The fourth-order valence-corrected chi connectivity index (χ4v) is 3.72. The Morgan fingerprint density at radius 3 is 2.41 bits per heavy atom. The average molecular weight is 258 g/mol. The third-order valence-electron chi connectivity index (χ3n) is 2.05. The second-order valence-electron chi connectivity index (χ2n) is 3.12. The molecule has 0 bridgehead atoms. The third-order valence-corrected chi connectivity index (χ3v) is 4.85. The Bertz CT molecular complexity index is 608. The molecule has 0 spiro atoms. The van der Waals surface area contributed by atoms with Crippen LogP contribution in [0.2, 0.25) is 0 Å². The molecular weight excluding hydrogens is 252 g/mol. The number of thiophene rings is 1. The summed E-state index contributed by atoms with van der Waals surface area (Å²) in [4.78, 5) is 1.04. The standard InChI is InChI=1S/C12H6N2OS2/c13-7-9-6-10(8-14)16-12(9)17(15)11-4-2-1-3-5-11/h1-6H. The van der Waals surface area contributed by atoms with Gasteiger partial charge >= 0.3 is 0 Å². The minimum atomic E-state index is -1.39. The SMILES string of the molecule is N#Cc1cc(C#N)c([S+]([O-])c2ccccc2)s1. The maximum absolute atomic E-state index is 12.2. The molecule has 0 aliphatic heterocycles. The van der Waals surface area contributed by atoms with Crippen molar-refractivity contribution in [3.05, 3.63) is 46.8 Å². The molecule has 82 valence electrons. The van der Waals surface area contributed by atoms with E-state index in [9.17, 15) is 4.55 Å². The molecule has 0 saturated heterocycles. The van der Waals surface area contributed by atoms with Gasteiger partial charge < -0.3 is 4.55 Å². The monoisotopic (exact) mass is 258 g/mol. The number of nitrogens with zero attached hydrogens (tertiary/aromatic N) is 2. The van der Waals surface area contributed by atoms with Gasteiger partial charge in [0.05, 0.1) is 0 Å². The van der Waals surface area contributed by atoms with Crippen molar-refractivity contribution in [2.24, 2.45) is 0 Å². The lowest BCUT2D eigenvalue weighted by Crippen LogP contribution is -2.00. The predicted molar refractivity (Wildman–Crippen MR) is 64.9 cm³/mol. The van der Waals surface area contributed by atoms with Gasteiger partial charge in [-0.3, -0.25) is 0 Å². The summed E-state index contributed by atoms with van der Waals surface area (Å²) in [5.74, 6) is 0. The third kappa shape index (κ3) is 2.32. The topological polar surface area (TPSA) is 70.6 Å². The lowest BCUT2D eigenvalue weighted by Gasteiger charge is -2.06. The van der Waals surface area contributed by atoms with Crippen LogP contribution in [-0.4, -0.2) is 4.55 Å². The molecule has 1 atom stereocenters. The molecule has 1 aromatic carbocycles. The van der Waals surface area contributed by atoms with Gasteiger partial charge in [0.15, 0.2) is 4.90 Å². The summed E-state index contributed by atoms with van der Waals surface area (Å²) >= 11 is -0.291. The molecule has 1 aromatic heterocycles. The van der Waals surface area contributed by atoms with Crippen molar-refractivity contribution in [3.8, 4) is 12.1 Å². The van der Waals surface area contributed by atoms with Crippen molar-refractivity contribution in [1.82, 2.24) is 0 Å². The molecule has 17 heavy (non-hydrogen) atoms. The van der Waals surface area contributed by atoms with E-state index in [1.165, 1.54) is 6.07 Å². The second-order valence-corrected chi connectivity index (χ2v) is 5.84. The van der Waals surface area contributed by atoms with E-state index in [0.29, 0.717) is 19.5 Å². The van der Waals surface area contributed by atoms with E-state index in [2.05, 4.69) is 0 Å². The van der Waals surface area contributed by atoms with Crippen molar-refractivity contribution in [3.63, 3.8) is 0 Å². The molecule has 0 saturated carbocycles. The van der Waals surface area contributed by atoms with Gasteiger partial charge in [0, 0.05) is 11.2 Å². The molecule has 0 N–H and O–H groups in total. The van der Waals surface area contributed by atoms with Crippen LogP contribution < -0.4 is 0 Å². The first-order valence-corrected chi connectivity index (χ1v) is 6.63. The Kier molecular flexibility index (Phi) is 3.46. The van der Waals surface area contributed by atoms with Gasteiger partial charge in [0.25, 0.3) is 0 Å². The molecule has 0 aliphatic rings. The van der Waals surface area contributed by atoms with Crippen LogP contribution in [0.3, 0.4) is 0 Å². The van der Waals surface area contributed by atoms with Gasteiger partial charge in [-0.1, -0.05) is 29.5 Å². The highest BCUT2D eigenvalue weighted by atomic mass is 32.2. The van der Waals surface area contributed by atoms with Crippen LogP contribution >= 0.6 is 11.3 Å². The zero-order valence-electron chi connectivity index (χ0n) is 8.58. The normalized spacial score (nSPS) is 11.5. The maximum atomic E-state index is 12.2. The highest BCUT2D eigenvalue weighted by Crippen LogP contribution is 2.31. The van der Waals surface area contributed by atoms with Gasteiger partial charge in [0.1, 0.15) is 22.6 Å². The zero-order chi connectivity index (χ0) is 12.3. The highest BCUT2D eigenvalue weighted by molar-refractivity contribution is 7.93. The minimum absolute atomic E-state index is 0.314. The Balaban J connectivity index is 2.45. The molecule has 0 fully saturated rings. The summed E-state index contributed by atoms with van der Waals surface area (Å²) < 4.78 is 12.7. The Labute approximate surface area is 106 Å². The van der Waals surface area contributed by atoms with E-state index in [4.69, 9.17) is 10.5 Å². The second kappa shape index (κ2) is 5.03. The minimum Gasteiger partial charge on any atom is -0.606 e. The Hall–Kier alpha value is -1.79. The number of benzene rings is 1. The zero-order valence-corrected chi connectivity index (χ0v) is 10.2. The summed E-state index contributed by atoms with van der Waals surface area (Å²) in [6.45, 7) is 0. The van der Waals surface area contributed by atoms with Gasteiger partial charge in [-0.2, -0.15) is 10.5 Å². The molecule has 2 aromatic rings. The summed E-state index contributed by atoms with van der Waals surface area (Å²) in [5, 5.41) is 17.7. The van der Waals surface area contributed by atoms with Crippen molar-refractivity contribution in [2.75, 3.05) is 0 Å². The predicted octanol–water partition coefficient (Wildman–Crippen LogP) is 2.66. The van der Waals surface area contributed by atoms with Crippen LogP contribution in [0.1, 0.15) is 10.4 Å². The molecule has 5 heteroatoms. The summed E-state index contributed by atoms with van der Waals surface area (Å²) in [5.41, 5.74) is 0.314. The summed E-state index contributed by atoms with van der Waals surface area (Å²) in [6, 6.07) is 14.3. The number of hydrogen-bond acceptors (Lipinski definition) is 4. The average Bonchev–Trinajstić information content (AvgIpc) is 2.82. The summed E-state index contributed by atoms with van der Waals surface area (Å²) in [6.07, 6.45) is 0. The van der Waals surface area contributed by atoms with Crippen LogP contribution in [0.4, 0.5) is 0 Å². The quantitative estimate of drug-likeness (QED) is 0.777. The van der Waals surface area contributed by atoms with Gasteiger partial charge in [-0.15, -0.1) is 0 Å². The maximum Gasteiger partial charge on any atom is 0.231 e. The van der Waals surface area contributed by atoms with Crippen molar-refractivity contribution >= 4 is 22.5 Å². The van der Waals surface area contributed by atoms with Crippen molar-refractivity contribution in [1.29, 1.82) is 10.5 Å². The van der Waals surface area contributed by atoms with Crippen LogP contribution in [0.15, 0.2) is 45.5 Å². The molecule has 3 nitrogen and oxygen atoms in total. The molecule has 1 unspecified atom stereocenters. The van der Waals surface area contributed by atoms with E-state index in [1.807, 2.05) is 18.2 Å². The number of rotatable bonds is 2. The molecule has 0 aliphatic carbocycles. The van der Waals surface area contributed by atoms with E-state index in [0.717, 1.165) is 11.3 Å². The van der Waals surface area contributed by atoms with E-state index in [-0.39, 0.29) is 0 Å². The van der Waals surface area contributed by atoms with Gasteiger partial charge in [0.2, 0.25) is 4.21 Å². The lowest BCUT2D eigenvalue weighted by atomic mass is 10.3. The highest BCUT2D eigenvalue weighted by Gasteiger charge is 2.23. The lowest BCUT2D eigenvalue weighted by molar-refractivity contribution is 0.597. The molecule has 0 radical (unpaired) electrons. The van der Waals surface area contributed by atoms with E-state index in [1.54, 1.807) is 24.3 Å². The first kappa shape index (κ1) is 11.7. The van der Waals surface area contributed by atoms with Gasteiger partial charge in [-0.25, -0.2) is 0 Å². The fraction of sp³-hybridized carbons (Fsp3) is 0. The Morgan fingerprint density at radius 2 is 1.82 bits per heavy atom. The molecular formula is C12H6N2OS2. The van der Waals surface area contributed by atoms with E-state index < -0.39 is 11.2 Å². The first-order valence-electron chi connectivity index (χ1n) is 4.67. The molecule has 1 heterocycles. The van der Waals surface area contributed by atoms with E-state index >= 15 is 0 Å². The van der Waals surface area contributed by atoms with Crippen LogP contribution in [-0.2, 0) is 11.2 Å². The number of hydrogen-bond donors (Lipinski definition) is 0. The van der Waals surface area contributed by atoms with Gasteiger partial charge in [-0.05, 0) is 18.2 Å².